The zero-order valence-corrected chi connectivity index (χ0v) is 10.7. The average Bonchev–Trinajstić information content (AvgIpc) is 2.43. The van der Waals surface area contributed by atoms with Gasteiger partial charge >= 0.3 is 0 Å². The molecule has 1 amide bonds. The van der Waals surface area contributed by atoms with Crippen LogP contribution in [0.4, 0.5) is 11.4 Å². The van der Waals surface area contributed by atoms with Gasteiger partial charge in [-0.1, -0.05) is 0 Å². The van der Waals surface area contributed by atoms with Crippen LogP contribution in [0.25, 0.3) is 0 Å². The molecule has 2 rings (SSSR count). The number of carbonyl (C=O) groups is 1. The Morgan fingerprint density at radius 3 is 3.05 bits per heavy atom. The molecule has 0 aliphatic carbocycles. The van der Waals surface area contributed by atoms with Crippen LogP contribution in [-0.4, -0.2) is 31.1 Å². The van der Waals surface area contributed by atoms with Gasteiger partial charge in [-0.2, -0.15) is 10.4 Å². The first-order valence-corrected chi connectivity index (χ1v) is 5.64. The Bertz CT molecular complexity index is 646. The molecule has 0 saturated carbocycles. The van der Waals surface area contributed by atoms with Crippen molar-refractivity contribution < 1.29 is 9.53 Å². The number of amidine groups is 1. The quantitative estimate of drug-likeness (QED) is 0.413. The van der Waals surface area contributed by atoms with E-state index in [9.17, 15) is 4.79 Å². The number of hydrazone groups is 1. The van der Waals surface area contributed by atoms with Crippen LogP contribution in [0.1, 0.15) is 0 Å². The van der Waals surface area contributed by atoms with Crippen molar-refractivity contribution >= 4 is 28.8 Å². The topological polar surface area (TPSA) is 128 Å². The van der Waals surface area contributed by atoms with Gasteiger partial charge < -0.3 is 15.4 Å². The van der Waals surface area contributed by atoms with Gasteiger partial charge in [-0.15, -0.1) is 0 Å². The van der Waals surface area contributed by atoms with E-state index >= 15 is 0 Å². The van der Waals surface area contributed by atoms with Gasteiger partial charge in [0.25, 0.3) is 5.91 Å². The predicted octanol–water partition coefficient (Wildman–Crippen LogP) is 0.269. The van der Waals surface area contributed by atoms with Gasteiger partial charge in [0.15, 0.2) is 12.4 Å². The van der Waals surface area contributed by atoms with Crippen molar-refractivity contribution in [3.05, 3.63) is 18.2 Å². The summed E-state index contributed by atoms with van der Waals surface area (Å²) in [6.45, 7) is -0.0207. The lowest BCUT2D eigenvalue weighted by molar-refractivity contribution is -0.120. The Balaban J connectivity index is 2.23. The fraction of sp³-hybridized carbons (Fsp3) is 0.167. The molecule has 0 atom stereocenters. The molecule has 1 aliphatic rings. The number of carbonyl (C=O) groups excluding carboxylic acids is 1. The molecular weight excluding hydrogens is 260 g/mol. The van der Waals surface area contributed by atoms with Gasteiger partial charge in [0.05, 0.1) is 11.4 Å². The second kappa shape index (κ2) is 5.27. The van der Waals surface area contributed by atoms with Crippen LogP contribution in [0.3, 0.4) is 0 Å². The first-order valence-electron chi connectivity index (χ1n) is 5.64. The molecule has 1 heterocycles. The molecule has 0 radical (unpaired) electrons. The number of hydrogen-bond donors (Lipinski definition) is 3. The maximum atomic E-state index is 11.5. The highest BCUT2D eigenvalue weighted by Gasteiger charge is 2.22. The van der Waals surface area contributed by atoms with Crippen molar-refractivity contribution in [3.8, 4) is 11.8 Å². The first kappa shape index (κ1) is 13.4. The number of nitrogens with one attached hydrogen (secondary N) is 2. The van der Waals surface area contributed by atoms with Crippen LogP contribution < -0.4 is 20.8 Å². The molecule has 1 aliphatic heterocycles. The summed E-state index contributed by atoms with van der Waals surface area (Å²) >= 11 is 0. The van der Waals surface area contributed by atoms with Gasteiger partial charge in [0, 0.05) is 13.1 Å². The smallest absolute Gasteiger partial charge is 0.264 e. The summed E-state index contributed by atoms with van der Waals surface area (Å²) in [4.78, 5) is 13.0. The largest absolute Gasteiger partial charge is 0.481 e. The number of benzene rings is 1. The van der Waals surface area contributed by atoms with Gasteiger partial charge in [0.2, 0.25) is 5.71 Å². The molecule has 102 valence electrons. The summed E-state index contributed by atoms with van der Waals surface area (Å²) in [5.41, 5.74) is 8.79. The summed E-state index contributed by atoms with van der Waals surface area (Å²) in [6.07, 6.45) is 0. The van der Waals surface area contributed by atoms with Crippen molar-refractivity contribution in [2.75, 3.05) is 24.0 Å². The molecule has 0 aromatic heterocycles. The van der Waals surface area contributed by atoms with Crippen LogP contribution in [-0.2, 0) is 4.79 Å². The number of rotatable bonds is 3. The van der Waals surface area contributed by atoms with Crippen molar-refractivity contribution in [3.63, 3.8) is 0 Å². The lowest BCUT2D eigenvalue weighted by Gasteiger charge is -2.26. The molecule has 0 fully saturated rings. The number of ether oxygens (including phenoxy) is 1. The Kier molecular flexibility index (Phi) is 3.52. The third kappa shape index (κ3) is 2.51. The minimum atomic E-state index is -0.417. The average molecular weight is 272 g/mol. The molecule has 8 nitrogen and oxygen atoms in total. The van der Waals surface area contributed by atoms with E-state index in [1.807, 2.05) is 0 Å². The summed E-state index contributed by atoms with van der Waals surface area (Å²) in [5, 5.41) is 19.6. The third-order valence-corrected chi connectivity index (χ3v) is 2.70. The lowest BCUT2D eigenvalue weighted by atomic mass is 10.2. The standard InChI is InChI=1S/C12H12N6O2/c1-18-9-3-2-7(4-10(9)20-6-11(18)19)16-17-8(5-13)12(14)15/h2-4,16H,6H2,1H3,(H3,14,15)/b17-8+. The van der Waals surface area contributed by atoms with E-state index in [4.69, 9.17) is 21.1 Å². The maximum absolute atomic E-state index is 11.5. The van der Waals surface area contributed by atoms with Crippen molar-refractivity contribution in [1.82, 2.24) is 0 Å². The normalized spacial score (nSPS) is 14.1. The number of hydrogen-bond acceptors (Lipinski definition) is 6. The Morgan fingerprint density at radius 2 is 2.40 bits per heavy atom. The molecular formula is C12H12N6O2. The number of nitrogens with zero attached hydrogens (tertiary/aromatic N) is 3. The van der Waals surface area contributed by atoms with Gasteiger partial charge in [-0.3, -0.25) is 15.6 Å². The van der Waals surface area contributed by atoms with Gasteiger partial charge in [-0.25, -0.2) is 0 Å². The second-order valence-electron chi connectivity index (χ2n) is 4.02. The van der Waals surface area contributed by atoms with Gasteiger partial charge in [0.1, 0.15) is 11.8 Å². The highest BCUT2D eigenvalue weighted by atomic mass is 16.5. The number of nitriles is 1. The van der Waals surface area contributed by atoms with E-state index in [1.54, 1.807) is 31.3 Å². The molecule has 0 unspecified atom stereocenters. The van der Waals surface area contributed by atoms with E-state index in [0.29, 0.717) is 17.1 Å². The highest BCUT2D eigenvalue weighted by molar-refractivity contribution is 6.45. The summed E-state index contributed by atoms with van der Waals surface area (Å²) in [5.74, 6) is -0.00671. The Morgan fingerprint density at radius 1 is 1.65 bits per heavy atom. The van der Waals surface area contributed by atoms with E-state index in [2.05, 4.69) is 10.5 Å². The minimum Gasteiger partial charge on any atom is -0.481 e. The minimum absolute atomic E-state index is 0.0207. The van der Waals surface area contributed by atoms with Crippen LogP contribution in [0.5, 0.6) is 5.75 Å². The van der Waals surface area contributed by atoms with E-state index in [1.165, 1.54) is 4.90 Å². The summed E-state index contributed by atoms with van der Waals surface area (Å²) in [6, 6.07) is 6.73. The number of likely N-dealkylation sites (N-methyl/N-ethyl adjacent to an activating group) is 1. The number of nitrogens with two attached hydrogens (primary N) is 1. The molecule has 1 aromatic carbocycles. The molecule has 0 spiro atoms. The van der Waals surface area contributed by atoms with Crippen LogP contribution in [0.15, 0.2) is 23.3 Å². The number of fused-ring (bicyclic) bond motifs is 1. The molecule has 1 aromatic rings. The SMILES string of the molecule is CN1C(=O)COc2cc(N/N=C(\C#N)C(=N)N)ccc21. The van der Waals surface area contributed by atoms with E-state index in [-0.39, 0.29) is 18.2 Å². The Hall–Kier alpha value is -3.08. The zero-order chi connectivity index (χ0) is 14.7. The molecule has 20 heavy (non-hydrogen) atoms. The van der Waals surface area contributed by atoms with Gasteiger partial charge in [-0.05, 0) is 12.1 Å². The second-order valence-corrected chi connectivity index (χ2v) is 4.02. The fourth-order valence-corrected chi connectivity index (χ4v) is 1.61. The molecule has 4 N–H and O–H groups in total. The van der Waals surface area contributed by atoms with Crippen molar-refractivity contribution in [1.29, 1.82) is 10.7 Å². The number of anilines is 2. The first-order chi connectivity index (χ1) is 9.52. The fourth-order valence-electron chi connectivity index (χ4n) is 1.61. The van der Waals surface area contributed by atoms with E-state index < -0.39 is 5.84 Å². The van der Waals surface area contributed by atoms with Crippen LogP contribution in [0.2, 0.25) is 0 Å². The van der Waals surface area contributed by atoms with Crippen LogP contribution in [0, 0.1) is 16.7 Å². The molecule has 0 saturated heterocycles. The lowest BCUT2D eigenvalue weighted by Crippen LogP contribution is -2.35. The highest BCUT2D eigenvalue weighted by Crippen LogP contribution is 2.33. The van der Waals surface area contributed by atoms with Crippen molar-refractivity contribution in [2.45, 2.75) is 0 Å². The molecule has 8 heteroatoms. The molecule has 0 bridgehead atoms. The Labute approximate surface area is 114 Å². The number of amides is 1. The van der Waals surface area contributed by atoms with Crippen molar-refractivity contribution in [2.24, 2.45) is 10.8 Å². The summed E-state index contributed by atoms with van der Waals surface area (Å²) in [7, 11) is 1.67. The summed E-state index contributed by atoms with van der Waals surface area (Å²) < 4.78 is 5.32. The monoisotopic (exact) mass is 272 g/mol. The zero-order valence-electron chi connectivity index (χ0n) is 10.7. The maximum Gasteiger partial charge on any atom is 0.264 e. The predicted molar refractivity (Wildman–Crippen MR) is 73.9 cm³/mol. The van der Waals surface area contributed by atoms with Crippen LogP contribution >= 0.6 is 0 Å². The van der Waals surface area contributed by atoms with E-state index in [0.717, 1.165) is 0 Å². The third-order valence-electron chi connectivity index (χ3n) is 2.70.